The van der Waals surface area contributed by atoms with E-state index in [1.54, 1.807) is 0 Å². The van der Waals surface area contributed by atoms with Crippen molar-refractivity contribution in [2.24, 2.45) is 17.8 Å². The van der Waals surface area contributed by atoms with Crippen molar-refractivity contribution in [3.63, 3.8) is 0 Å². The van der Waals surface area contributed by atoms with E-state index in [2.05, 4.69) is 46.2 Å². The number of nitrogens with zero attached hydrogens (tertiary/aromatic N) is 6. The van der Waals surface area contributed by atoms with Gasteiger partial charge in [-0.25, -0.2) is 19.2 Å². The smallest absolute Gasteiger partial charge is 0.365 e. The fraction of sp³-hybridized carbons (Fsp3) is 0.607. The number of nitrogens with one attached hydrogen (secondary N) is 2. The molecule has 0 spiro atoms. The van der Waals surface area contributed by atoms with Gasteiger partial charge in [-0.1, -0.05) is 24.2 Å². The molecule has 3 aromatic heterocycles. The van der Waals surface area contributed by atoms with Crippen LogP contribution in [0, 0.1) is 17.8 Å². The molecule has 6 rings (SSSR count). The van der Waals surface area contributed by atoms with Crippen LogP contribution in [-0.2, 0) is 6.54 Å². The predicted octanol–water partition coefficient (Wildman–Crippen LogP) is 5.21. The van der Waals surface area contributed by atoms with Crippen molar-refractivity contribution >= 4 is 22.9 Å². The highest BCUT2D eigenvalue weighted by Gasteiger charge is 2.34. The average molecular weight is 537 g/mol. The second-order valence-corrected chi connectivity index (χ2v) is 11.5. The number of aromatic nitrogens is 6. The number of H-pyrrole nitrogens is 1. The topological polar surface area (TPSA) is 118 Å². The van der Waals surface area contributed by atoms with Crippen molar-refractivity contribution < 1.29 is 8.91 Å². The lowest BCUT2D eigenvalue weighted by Gasteiger charge is -2.33. The summed E-state index contributed by atoms with van der Waals surface area (Å²) in [6, 6.07) is -0.220. The summed E-state index contributed by atoms with van der Waals surface area (Å²) in [6.45, 7) is 11.2. The van der Waals surface area contributed by atoms with E-state index in [1.165, 1.54) is 19.3 Å². The second kappa shape index (κ2) is 10.6. The lowest BCUT2D eigenvalue weighted by atomic mass is 9.80. The third kappa shape index (κ3) is 4.98. The molecule has 0 bridgehead atoms. The fourth-order valence-corrected chi connectivity index (χ4v) is 6.42. The molecule has 2 N–H and O–H groups in total. The summed E-state index contributed by atoms with van der Waals surface area (Å²) in [5.74, 6) is 2.28. The number of rotatable bonds is 9. The molecule has 0 radical (unpaired) electrons. The van der Waals surface area contributed by atoms with E-state index in [-0.39, 0.29) is 23.5 Å². The zero-order valence-electron chi connectivity index (χ0n) is 22.5. The summed E-state index contributed by atoms with van der Waals surface area (Å²) in [5, 5.41) is 7.47. The Morgan fingerprint density at radius 1 is 1.18 bits per heavy atom. The highest BCUT2D eigenvalue weighted by molar-refractivity contribution is 5.87. The average Bonchev–Trinajstić information content (AvgIpc) is 3.62. The van der Waals surface area contributed by atoms with Crippen LogP contribution in [0.3, 0.4) is 0 Å². The number of allylic oxidation sites excluding steroid dienone is 1. The van der Waals surface area contributed by atoms with Gasteiger partial charge < -0.3 is 14.8 Å². The maximum atomic E-state index is 14.6. The zero-order chi connectivity index (χ0) is 27.1. The maximum absolute atomic E-state index is 14.6. The highest BCUT2D eigenvalue weighted by atomic mass is 19.1. The van der Waals surface area contributed by atoms with Gasteiger partial charge in [0, 0.05) is 19.1 Å². The minimum atomic E-state index is -0.672. The largest absolute Gasteiger partial charge is 0.439 e. The molecular formula is C28H37FN8O2. The van der Waals surface area contributed by atoms with Gasteiger partial charge in [-0.15, -0.1) is 6.58 Å². The Balaban J connectivity index is 1.48. The van der Waals surface area contributed by atoms with Crippen molar-refractivity contribution in [2.75, 3.05) is 16.8 Å². The van der Waals surface area contributed by atoms with Crippen molar-refractivity contribution in [3.8, 4) is 11.6 Å². The lowest BCUT2D eigenvalue weighted by Crippen LogP contribution is -2.33. The van der Waals surface area contributed by atoms with Crippen LogP contribution in [0.4, 0.5) is 16.2 Å². The van der Waals surface area contributed by atoms with E-state index < -0.39 is 11.8 Å². The Labute approximate surface area is 226 Å². The minimum Gasteiger partial charge on any atom is -0.365 e. The first kappa shape index (κ1) is 25.8. The molecular weight excluding hydrogens is 499 g/mol. The molecule has 0 aromatic carbocycles. The Bertz CT molecular complexity index is 1410. The Morgan fingerprint density at radius 2 is 1.97 bits per heavy atom. The van der Waals surface area contributed by atoms with Gasteiger partial charge in [0.15, 0.2) is 11.5 Å². The van der Waals surface area contributed by atoms with E-state index in [9.17, 15) is 9.18 Å². The van der Waals surface area contributed by atoms with Crippen LogP contribution in [0.1, 0.15) is 64.7 Å². The van der Waals surface area contributed by atoms with Gasteiger partial charge in [0.25, 0.3) is 0 Å². The molecule has 3 aromatic rings. The standard InChI is InChI=1S/C28H37FN8O2/c1-4-18-10-12-19(13-11-18)15-37-22-23(30-17(3)20-7-5-8-20)31-25(26-34-28(38)39-35-26)32-24(22)33-27(37)36-14-6-9-21(36)16(2)29/h4,17-21H,1-2,5-15H2,3H3,(H,30,31,32)(H,34,35,38)/t17-,18?,19?,21+/m1/s1. The van der Waals surface area contributed by atoms with Crippen LogP contribution in [0.5, 0.6) is 0 Å². The number of imidazole rings is 1. The van der Waals surface area contributed by atoms with E-state index in [4.69, 9.17) is 19.5 Å². The van der Waals surface area contributed by atoms with Crippen LogP contribution in [0.25, 0.3) is 22.8 Å². The summed E-state index contributed by atoms with van der Waals surface area (Å²) in [5.41, 5.74) is 1.28. The maximum Gasteiger partial charge on any atom is 0.439 e. The van der Waals surface area contributed by atoms with E-state index in [1.807, 2.05) is 4.90 Å². The summed E-state index contributed by atoms with van der Waals surface area (Å²) >= 11 is 0. The lowest BCUT2D eigenvalue weighted by molar-refractivity contribution is 0.282. The summed E-state index contributed by atoms with van der Waals surface area (Å²) in [6.07, 6.45) is 11.6. The summed E-state index contributed by atoms with van der Waals surface area (Å²) in [7, 11) is 0. The SMILES string of the molecule is C=CC1CCC(Cn2c(N3CCC[C@H]3C(=C)F)nc3nc(-c4noc(=O)[nH]4)nc(N[C@H](C)C4CCC4)c32)CC1. The fourth-order valence-electron chi connectivity index (χ4n) is 6.42. The first-order chi connectivity index (χ1) is 18.9. The normalized spacial score (nSPS) is 24.6. The van der Waals surface area contributed by atoms with Crippen LogP contribution < -0.4 is 16.0 Å². The number of hydrogen-bond acceptors (Lipinski definition) is 8. The molecule has 10 nitrogen and oxygen atoms in total. The minimum absolute atomic E-state index is 0.149. The van der Waals surface area contributed by atoms with Crippen molar-refractivity contribution in [2.45, 2.75) is 83.3 Å². The van der Waals surface area contributed by atoms with Gasteiger partial charge in [-0.2, -0.15) is 4.98 Å². The molecule has 0 unspecified atom stereocenters. The van der Waals surface area contributed by atoms with Gasteiger partial charge >= 0.3 is 5.76 Å². The van der Waals surface area contributed by atoms with Crippen LogP contribution >= 0.6 is 0 Å². The molecule has 0 amide bonds. The van der Waals surface area contributed by atoms with Gasteiger partial charge in [0.05, 0.1) is 6.04 Å². The van der Waals surface area contributed by atoms with Crippen LogP contribution in [-0.4, -0.2) is 48.3 Å². The molecule has 39 heavy (non-hydrogen) atoms. The van der Waals surface area contributed by atoms with E-state index in [0.29, 0.717) is 48.1 Å². The number of hydrogen-bond donors (Lipinski definition) is 2. The quantitative estimate of drug-likeness (QED) is 0.358. The third-order valence-corrected chi connectivity index (χ3v) is 8.99. The molecule has 208 valence electrons. The summed E-state index contributed by atoms with van der Waals surface area (Å²) in [4.78, 5) is 30.8. The molecule has 1 saturated heterocycles. The van der Waals surface area contributed by atoms with Gasteiger partial charge in [-0.05, 0) is 76.0 Å². The molecule has 3 aliphatic rings. The molecule has 3 fully saturated rings. The Morgan fingerprint density at radius 3 is 2.62 bits per heavy atom. The van der Waals surface area contributed by atoms with Gasteiger partial charge in [0.2, 0.25) is 17.6 Å². The van der Waals surface area contributed by atoms with Crippen LogP contribution in [0.15, 0.2) is 34.4 Å². The molecule has 2 aliphatic carbocycles. The third-order valence-electron chi connectivity index (χ3n) is 8.99. The number of aromatic amines is 1. The first-order valence-electron chi connectivity index (χ1n) is 14.3. The number of anilines is 2. The predicted molar refractivity (Wildman–Crippen MR) is 148 cm³/mol. The van der Waals surface area contributed by atoms with Crippen molar-refractivity contribution in [1.82, 2.24) is 29.7 Å². The van der Waals surface area contributed by atoms with Gasteiger partial charge in [0.1, 0.15) is 11.3 Å². The number of halogens is 1. The first-order valence-corrected chi connectivity index (χ1v) is 14.3. The number of fused-ring (bicyclic) bond motifs is 1. The van der Waals surface area contributed by atoms with E-state index in [0.717, 1.165) is 44.2 Å². The highest BCUT2D eigenvalue weighted by Crippen LogP contribution is 2.38. The Hall–Kier alpha value is -3.50. The molecule has 2 atom stereocenters. The molecule has 2 saturated carbocycles. The summed E-state index contributed by atoms with van der Waals surface area (Å²) < 4.78 is 21.5. The zero-order valence-corrected chi connectivity index (χ0v) is 22.5. The van der Waals surface area contributed by atoms with Crippen molar-refractivity contribution in [3.05, 3.63) is 35.6 Å². The molecule has 4 heterocycles. The molecule has 1 aliphatic heterocycles. The molecule has 11 heteroatoms. The van der Waals surface area contributed by atoms with Crippen molar-refractivity contribution in [1.29, 1.82) is 0 Å². The monoisotopic (exact) mass is 536 g/mol. The second-order valence-electron chi connectivity index (χ2n) is 11.5. The Kier molecular flexibility index (Phi) is 6.99. The van der Waals surface area contributed by atoms with Crippen LogP contribution in [0.2, 0.25) is 0 Å². The van der Waals surface area contributed by atoms with Gasteiger partial charge in [-0.3, -0.25) is 9.51 Å². The van der Waals surface area contributed by atoms with E-state index >= 15 is 0 Å².